The summed E-state index contributed by atoms with van der Waals surface area (Å²) in [5, 5.41) is 0. The topological polar surface area (TPSA) is 26.3 Å². The molecule has 0 spiro atoms. The summed E-state index contributed by atoms with van der Waals surface area (Å²) in [5.41, 5.74) is 0.504. The van der Waals surface area contributed by atoms with E-state index >= 15 is 0 Å². The molecule has 0 amide bonds. The summed E-state index contributed by atoms with van der Waals surface area (Å²) < 4.78 is 5.49. The van der Waals surface area contributed by atoms with Crippen LogP contribution in [0.3, 0.4) is 0 Å². The Bertz CT molecular complexity index is 332. The molecule has 2 nitrogen and oxygen atoms in total. The third kappa shape index (κ3) is 2.92. The molecule has 88 valence electrons. The summed E-state index contributed by atoms with van der Waals surface area (Å²) in [5.74, 6) is 0.112. The first-order valence-corrected chi connectivity index (χ1v) is 5.74. The molecule has 0 aliphatic carbocycles. The Morgan fingerprint density at radius 3 is 2.38 bits per heavy atom. The van der Waals surface area contributed by atoms with E-state index in [0.717, 1.165) is 18.4 Å². The Morgan fingerprint density at radius 2 is 1.94 bits per heavy atom. The lowest BCUT2D eigenvalue weighted by Crippen LogP contribution is -2.41. The van der Waals surface area contributed by atoms with E-state index in [0.29, 0.717) is 6.42 Å². The van der Waals surface area contributed by atoms with Crippen molar-refractivity contribution in [2.75, 3.05) is 7.11 Å². The molecule has 0 aliphatic rings. The van der Waals surface area contributed by atoms with Gasteiger partial charge in [0.15, 0.2) is 5.78 Å². The number of ketones is 1. The number of methoxy groups -OCH3 is 1. The number of ether oxygens (including phenoxy) is 1. The van der Waals surface area contributed by atoms with Gasteiger partial charge in [0.05, 0.1) is 0 Å². The van der Waals surface area contributed by atoms with Crippen LogP contribution in [0.5, 0.6) is 0 Å². The first-order valence-electron chi connectivity index (χ1n) is 5.74. The highest BCUT2D eigenvalue weighted by atomic mass is 16.5. The Balaban J connectivity index is 2.90. The normalized spacial score (nSPS) is 14.4. The molecule has 0 radical (unpaired) electrons. The fraction of sp³-hybridized carbons (Fsp3) is 0.500. The fourth-order valence-corrected chi connectivity index (χ4v) is 2.04. The van der Waals surface area contributed by atoms with Gasteiger partial charge in [-0.05, 0) is 18.9 Å². The molecule has 1 rings (SSSR count). The molecule has 1 atom stereocenters. The lowest BCUT2D eigenvalue weighted by molar-refractivity contribution is -0.139. The van der Waals surface area contributed by atoms with Gasteiger partial charge >= 0.3 is 0 Å². The van der Waals surface area contributed by atoms with Crippen molar-refractivity contribution in [2.45, 2.75) is 38.7 Å². The molecule has 0 fully saturated rings. The largest absolute Gasteiger partial charge is 0.370 e. The van der Waals surface area contributed by atoms with Gasteiger partial charge in [-0.25, -0.2) is 0 Å². The second-order valence-corrected chi connectivity index (χ2v) is 4.17. The van der Waals surface area contributed by atoms with Gasteiger partial charge in [0, 0.05) is 13.5 Å². The van der Waals surface area contributed by atoms with Gasteiger partial charge in [-0.1, -0.05) is 43.7 Å². The van der Waals surface area contributed by atoms with Crippen molar-refractivity contribution in [3.8, 4) is 0 Å². The lowest BCUT2D eigenvalue weighted by Gasteiger charge is -2.29. The number of rotatable bonds is 6. The van der Waals surface area contributed by atoms with Crippen molar-refractivity contribution in [1.82, 2.24) is 0 Å². The average molecular weight is 220 g/mol. The number of carbonyl (C=O) groups excluding carboxylic acids is 1. The van der Waals surface area contributed by atoms with Crippen molar-refractivity contribution >= 4 is 5.78 Å². The molecule has 2 heteroatoms. The summed E-state index contributed by atoms with van der Waals surface area (Å²) in [7, 11) is 1.62. The maximum absolute atomic E-state index is 11.8. The van der Waals surface area contributed by atoms with Crippen LogP contribution in [0, 0.1) is 0 Å². The van der Waals surface area contributed by atoms with Crippen molar-refractivity contribution in [2.24, 2.45) is 0 Å². The predicted molar refractivity (Wildman–Crippen MR) is 65.5 cm³/mol. The van der Waals surface area contributed by atoms with E-state index in [2.05, 4.69) is 6.92 Å². The minimum atomic E-state index is -0.643. The summed E-state index contributed by atoms with van der Waals surface area (Å²) in [6.07, 6.45) is 2.38. The zero-order valence-corrected chi connectivity index (χ0v) is 10.3. The van der Waals surface area contributed by atoms with E-state index < -0.39 is 5.60 Å². The third-order valence-corrected chi connectivity index (χ3v) is 3.02. The van der Waals surface area contributed by atoms with Crippen LogP contribution in [-0.2, 0) is 16.0 Å². The molecule has 1 aromatic rings. The molecule has 1 unspecified atom stereocenters. The molecule has 0 aliphatic heterocycles. The van der Waals surface area contributed by atoms with E-state index in [1.165, 1.54) is 0 Å². The number of Topliss-reactive ketones (excluding diaryl/α,β-unsaturated/α-hetero) is 1. The third-order valence-electron chi connectivity index (χ3n) is 3.02. The number of hydrogen-bond acceptors (Lipinski definition) is 2. The maximum Gasteiger partial charge on any atom is 0.161 e. The van der Waals surface area contributed by atoms with Gasteiger partial charge in [-0.3, -0.25) is 4.79 Å². The van der Waals surface area contributed by atoms with Gasteiger partial charge in [-0.15, -0.1) is 0 Å². The number of hydrogen-bond donors (Lipinski definition) is 0. The molecule has 0 aromatic heterocycles. The van der Waals surface area contributed by atoms with Crippen LogP contribution in [0.2, 0.25) is 0 Å². The molecular weight excluding hydrogens is 200 g/mol. The first kappa shape index (κ1) is 12.9. The Morgan fingerprint density at radius 1 is 1.31 bits per heavy atom. The summed E-state index contributed by atoms with van der Waals surface area (Å²) >= 11 is 0. The smallest absolute Gasteiger partial charge is 0.161 e. The zero-order valence-electron chi connectivity index (χ0n) is 10.3. The minimum Gasteiger partial charge on any atom is -0.370 e. The van der Waals surface area contributed by atoms with E-state index in [-0.39, 0.29) is 5.78 Å². The predicted octanol–water partition coefficient (Wildman–Crippen LogP) is 3.00. The van der Waals surface area contributed by atoms with Gasteiger partial charge in [0.2, 0.25) is 0 Å². The molecule has 16 heavy (non-hydrogen) atoms. The Kier molecular flexibility index (Phi) is 4.69. The van der Waals surface area contributed by atoms with Crippen molar-refractivity contribution < 1.29 is 9.53 Å². The SMILES string of the molecule is CCCC(Cc1ccccc1)(OC)C(C)=O. The monoisotopic (exact) mass is 220 g/mol. The van der Waals surface area contributed by atoms with E-state index in [1.807, 2.05) is 30.3 Å². The van der Waals surface area contributed by atoms with Crippen molar-refractivity contribution in [3.63, 3.8) is 0 Å². The first-order chi connectivity index (χ1) is 7.64. The van der Waals surface area contributed by atoms with Crippen molar-refractivity contribution in [3.05, 3.63) is 35.9 Å². The highest BCUT2D eigenvalue weighted by Crippen LogP contribution is 2.24. The summed E-state index contributed by atoms with van der Waals surface area (Å²) in [6.45, 7) is 3.68. The van der Waals surface area contributed by atoms with Crippen LogP contribution < -0.4 is 0 Å². The number of carbonyl (C=O) groups is 1. The standard InChI is InChI=1S/C14H20O2/c1-4-10-14(16-3,12(2)15)11-13-8-6-5-7-9-13/h5-9H,4,10-11H2,1-3H3. The van der Waals surface area contributed by atoms with E-state index in [1.54, 1.807) is 14.0 Å². The molecule has 1 aromatic carbocycles. The van der Waals surface area contributed by atoms with Crippen molar-refractivity contribution in [1.29, 1.82) is 0 Å². The van der Waals surface area contributed by atoms with Gasteiger partial charge < -0.3 is 4.74 Å². The van der Waals surface area contributed by atoms with Crippen LogP contribution >= 0.6 is 0 Å². The summed E-state index contributed by atoms with van der Waals surface area (Å²) in [4.78, 5) is 11.8. The minimum absolute atomic E-state index is 0.112. The van der Waals surface area contributed by atoms with Crippen LogP contribution in [0.4, 0.5) is 0 Å². The highest BCUT2D eigenvalue weighted by molar-refractivity contribution is 5.85. The Hall–Kier alpha value is -1.15. The molecule has 0 heterocycles. The second-order valence-electron chi connectivity index (χ2n) is 4.17. The fourth-order valence-electron chi connectivity index (χ4n) is 2.04. The van der Waals surface area contributed by atoms with Gasteiger partial charge in [0.25, 0.3) is 0 Å². The molecule has 0 saturated heterocycles. The van der Waals surface area contributed by atoms with Crippen LogP contribution in [-0.4, -0.2) is 18.5 Å². The molecular formula is C14H20O2. The van der Waals surface area contributed by atoms with Crippen LogP contribution in [0.15, 0.2) is 30.3 Å². The van der Waals surface area contributed by atoms with E-state index in [9.17, 15) is 4.79 Å². The van der Waals surface area contributed by atoms with Gasteiger partial charge in [0.1, 0.15) is 5.60 Å². The van der Waals surface area contributed by atoms with Gasteiger partial charge in [-0.2, -0.15) is 0 Å². The zero-order chi connectivity index (χ0) is 12.0. The Labute approximate surface area is 97.6 Å². The molecule has 0 saturated carbocycles. The quantitative estimate of drug-likeness (QED) is 0.736. The number of benzene rings is 1. The highest BCUT2D eigenvalue weighted by Gasteiger charge is 2.34. The second kappa shape index (κ2) is 5.80. The average Bonchev–Trinajstić information content (AvgIpc) is 2.29. The van der Waals surface area contributed by atoms with Crippen LogP contribution in [0.1, 0.15) is 32.3 Å². The molecule has 0 N–H and O–H groups in total. The van der Waals surface area contributed by atoms with Crippen LogP contribution in [0.25, 0.3) is 0 Å². The maximum atomic E-state index is 11.8. The lowest BCUT2D eigenvalue weighted by atomic mass is 9.86. The van der Waals surface area contributed by atoms with E-state index in [4.69, 9.17) is 4.74 Å². The summed E-state index contributed by atoms with van der Waals surface area (Å²) in [6, 6.07) is 10.0. The molecule has 0 bridgehead atoms.